The number of nitrogens with one attached hydrogen (secondary N) is 1. The summed E-state index contributed by atoms with van der Waals surface area (Å²) < 4.78 is 25.2. The van der Waals surface area contributed by atoms with Crippen molar-refractivity contribution in [2.75, 3.05) is 11.9 Å². The van der Waals surface area contributed by atoms with Crippen molar-refractivity contribution in [2.45, 2.75) is 13.5 Å². The first-order valence-corrected chi connectivity index (χ1v) is 11.1. The van der Waals surface area contributed by atoms with Crippen LogP contribution >= 0.6 is 15.9 Å². The molecule has 0 radical (unpaired) electrons. The van der Waals surface area contributed by atoms with Gasteiger partial charge in [-0.1, -0.05) is 18.2 Å². The molecule has 8 nitrogen and oxygen atoms in total. The molecule has 3 rings (SSSR count). The van der Waals surface area contributed by atoms with Crippen molar-refractivity contribution in [3.63, 3.8) is 0 Å². The van der Waals surface area contributed by atoms with Crippen molar-refractivity contribution >= 4 is 39.3 Å². The van der Waals surface area contributed by atoms with Gasteiger partial charge in [0.15, 0.2) is 11.5 Å². The van der Waals surface area contributed by atoms with Crippen molar-refractivity contribution in [3.8, 4) is 17.6 Å². The minimum absolute atomic E-state index is 0.170. The van der Waals surface area contributed by atoms with E-state index >= 15 is 0 Å². The monoisotopic (exact) mass is 539 g/mol. The van der Waals surface area contributed by atoms with E-state index in [1.54, 1.807) is 31.2 Å². The number of halogens is 2. The summed E-state index contributed by atoms with van der Waals surface area (Å²) >= 11 is 3.44. The zero-order valence-corrected chi connectivity index (χ0v) is 20.0. The second-order valence-corrected chi connectivity index (χ2v) is 7.96. The Hall–Kier alpha value is -4.23. The molecule has 0 unspecified atom stereocenters. The molecule has 0 saturated carbocycles. The van der Waals surface area contributed by atoms with Crippen molar-refractivity contribution in [1.82, 2.24) is 0 Å². The lowest BCUT2D eigenvalue weighted by molar-refractivity contribution is -0.384. The maximum Gasteiger partial charge on any atom is 0.271 e. The Morgan fingerprint density at radius 1 is 1.20 bits per heavy atom. The Labute approximate surface area is 208 Å². The van der Waals surface area contributed by atoms with Crippen LogP contribution in [0, 0.1) is 27.3 Å². The van der Waals surface area contributed by atoms with Crippen LogP contribution in [0.25, 0.3) is 6.08 Å². The summed E-state index contributed by atoms with van der Waals surface area (Å²) in [6, 6.07) is 16.4. The van der Waals surface area contributed by atoms with E-state index in [1.165, 1.54) is 42.5 Å². The van der Waals surface area contributed by atoms with Crippen molar-refractivity contribution in [2.24, 2.45) is 0 Å². The van der Waals surface area contributed by atoms with Crippen LogP contribution in [0.1, 0.15) is 18.1 Å². The van der Waals surface area contributed by atoms with Gasteiger partial charge in [-0.15, -0.1) is 0 Å². The van der Waals surface area contributed by atoms with Gasteiger partial charge in [-0.05, 0) is 70.4 Å². The molecule has 0 bridgehead atoms. The second kappa shape index (κ2) is 11.8. The number of non-ortho nitro benzene ring substituents is 1. The molecule has 0 aliphatic heterocycles. The molecule has 0 spiro atoms. The van der Waals surface area contributed by atoms with Crippen molar-refractivity contribution in [3.05, 3.63) is 97.8 Å². The average molecular weight is 540 g/mol. The Bertz CT molecular complexity index is 1320. The Morgan fingerprint density at radius 2 is 1.94 bits per heavy atom. The van der Waals surface area contributed by atoms with Crippen LogP contribution < -0.4 is 14.8 Å². The first kappa shape index (κ1) is 25.4. The predicted octanol–water partition coefficient (Wildman–Crippen LogP) is 6.02. The molecule has 3 aromatic rings. The molecule has 35 heavy (non-hydrogen) atoms. The lowest BCUT2D eigenvalue weighted by atomic mass is 10.1. The largest absolute Gasteiger partial charge is 0.490 e. The number of carbonyl (C=O) groups excluding carboxylic acids is 1. The molecule has 0 aliphatic rings. The van der Waals surface area contributed by atoms with Crippen molar-refractivity contribution < 1.29 is 23.6 Å². The summed E-state index contributed by atoms with van der Waals surface area (Å²) in [7, 11) is 0. The standard InChI is InChI=1S/C25H19BrFN3O5/c1-2-34-23-12-17(11-22(26)24(23)35-15-16-6-8-19(27)9-7-16)10-18(14-28)25(31)29-20-4-3-5-21(13-20)30(32)33/h3-13H,2,15H2,1H3,(H,29,31). The molecule has 178 valence electrons. The van der Waals surface area contributed by atoms with E-state index in [-0.39, 0.29) is 29.4 Å². The number of amides is 1. The average Bonchev–Trinajstić information content (AvgIpc) is 2.83. The van der Waals surface area contributed by atoms with E-state index in [0.717, 1.165) is 5.56 Å². The van der Waals surface area contributed by atoms with E-state index in [0.29, 0.717) is 28.1 Å². The number of carbonyl (C=O) groups is 1. The lowest BCUT2D eigenvalue weighted by Gasteiger charge is -2.15. The summed E-state index contributed by atoms with van der Waals surface area (Å²) in [6.07, 6.45) is 1.36. The third-order valence-electron chi connectivity index (χ3n) is 4.62. The van der Waals surface area contributed by atoms with Gasteiger partial charge < -0.3 is 14.8 Å². The fraction of sp³-hybridized carbons (Fsp3) is 0.120. The predicted molar refractivity (Wildman–Crippen MR) is 131 cm³/mol. The maximum absolute atomic E-state index is 13.1. The van der Waals surface area contributed by atoms with Crippen LogP contribution in [-0.2, 0) is 11.4 Å². The molecular formula is C25H19BrFN3O5. The van der Waals surface area contributed by atoms with Crippen LogP contribution in [0.4, 0.5) is 15.8 Å². The molecule has 10 heteroatoms. The van der Waals surface area contributed by atoms with Gasteiger partial charge in [0.1, 0.15) is 24.1 Å². The molecular weight excluding hydrogens is 521 g/mol. The van der Waals surface area contributed by atoms with Gasteiger partial charge in [-0.2, -0.15) is 5.26 Å². The molecule has 0 fully saturated rings. The fourth-order valence-corrected chi connectivity index (χ4v) is 3.60. The quantitative estimate of drug-likeness (QED) is 0.154. The number of nitriles is 1. The van der Waals surface area contributed by atoms with Crippen LogP contribution in [0.15, 0.2) is 70.7 Å². The number of benzene rings is 3. The molecule has 0 atom stereocenters. The maximum atomic E-state index is 13.1. The molecule has 1 amide bonds. The number of nitro benzene ring substituents is 1. The number of nitrogens with zero attached hydrogens (tertiary/aromatic N) is 2. The number of rotatable bonds is 9. The molecule has 0 saturated heterocycles. The number of hydrogen-bond donors (Lipinski definition) is 1. The Morgan fingerprint density at radius 3 is 2.60 bits per heavy atom. The van der Waals surface area contributed by atoms with Gasteiger partial charge in [-0.25, -0.2) is 4.39 Å². The van der Waals surface area contributed by atoms with E-state index < -0.39 is 10.8 Å². The van der Waals surface area contributed by atoms with Gasteiger partial charge in [0.2, 0.25) is 0 Å². The van der Waals surface area contributed by atoms with Gasteiger partial charge in [0, 0.05) is 17.8 Å². The zero-order valence-electron chi connectivity index (χ0n) is 18.5. The summed E-state index contributed by atoms with van der Waals surface area (Å²) in [5.41, 5.74) is 1.03. The van der Waals surface area contributed by atoms with Gasteiger partial charge in [-0.3, -0.25) is 14.9 Å². The zero-order chi connectivity index (χ0) is 25.4. The molecule has 3 aromatic carbocycles. The van der Waals surface area contributed by atoms with Crippen LogP contribution in [0.3, 0.4) is 0 Å². The molecule has 1 N–H and O–H groups in total. The van der Waals surface area contributed by atoms with Crippen molar-refractivity contribution in [1.29, 1.82) is 5.26 Å². The Kier molecular flexibility index (Phi) is 8.53. The SMILES string of the molecule is CCOc1cc(C=C(C#N)C(=O)Nc2cccc([N+](=O)[O-])c2)cc(Br)c1OCc1ccc(F)cc1. The molecule has 0 aromatic heterocycles. The highest BCUT2D eigenvalue weighted by Gasteiger charge is 2.16. The number of hydrogen-bond acceptors (Lipinski definition) is 6. The number of nitro groups is 1. The first-order valence-electron chi connectivity index (χ1n) is 10.3. The third kappa shape index (κ3) is 6.88. The Balaban J connectivity index is 1.84. The topological polar surface area (TPSA) is 114 Å². The van der Waals surface area contributed by atoms with Crippen LogP contribution in [-0.4, -0.2) is 17.4 Å². The number of anilines is 1. The summed E-state index contributed by atoms with van der Waals surface area (Å²) in [5, 5.41) is 23.0. The second-order valence-electron chi connectivity index (χ2n) is 7.11. The van der Waals surface area contributed by atoms with Gasteiger partial charge in [0.05, 0.1) is 16.0 Å². The minimum Gasteiger partial charge on any atom is -0.490 e. The van der Waals surface area contributed by atoms with Crippen LogP contribution in [0.2, 0.25) is 0 Å². The summed E-state index contributed by atoms with van der Waals surface area (Å²) in [4.78, 5) is 23.0. The first-order chi connectivity index (χ1) is 16.8. The normalized spacial score (nSPS) is 10.9. The van der Waals surface area contributed by atoms with E-state index in [2.05, 4.69) is 21.2 Å². The number of ether oxygens (including phenoxy) is 2. The van der Waals surface area contributed by atoms with E-state index in [1.807, 2.05) is 6.07 Å². The smallest absolute Gasteiger partial charge is 0.271 e. The van der Waals surface area contributed by atoms with Crippen LogP contribution in [0.5, 0.6) is 11.5 Å². The minimum atomic E-state index is -0.723. The van der Waals surface area contributed by atoms with Gasteiger partial charge >= 0.3 is 0 Å². The summed E-state index contributed by atoms with van der Waals surface area (Å²) in [6.45, 7) is 2.31. The molecule has 0 heterocycles. The van der Waals surface area contributed by atoms with Gasteiger partial charge in [0.25, 0.3) is 11.6 Å². The highest BCUT2D eigenvalue weighted by Crippen LogP contribution is 2.38. The lowest BCUT2D eigenvalue weighted by Crippen LogP contribution is -2.13. The summed E-state index contributed by atoms with van der Waals surface area (Å²) in [5.74, 6) is -0.276. The third-order valence-corrected chi connectivity index (χ3v) is 5.21. The fourth-order valence-electron chi connectivity index (χ4n) is 3.02. The van der Waals surface area contributed by atoms with E-state index in [4.69, 9.17) is 9.47 Å². The molecule has 0 aliphatic carbocycles. The highest BCUT2D eigenvalue weighted by molar-refractivity contribution is 9.10. The van der Waals surface area contributed by atoms with E-state index in [9.17, 15) is 24.6 Å². The highest BCUT2D eigenvalue weighted by atomic mass is 79.9.